The number of rotatable bonds is 5. The molecule has 0 aromatic carbocycles. The zero-order valence-corrected chi connectivity index (χ0v) is 10.5. The smallest absolute Gasteiger partial charge is 0.229 e. The highest BCUT2D eigenvalue weighted by molar-refractivity contribution is 14.1. The molecule has 1 heterocycles. The third kappa shape index (κ3) is 5.11. The van der Waals surface area contributed by atoms with Gasteiger partial charge in [0.15, 0.2) is 0 Å². The molecule has 5 heteroatoms. The molecule has 0 aliphatic carbocycles. The van der Waals surface area contributed by atoms with Gasteiger partial charge in [0.25, 0.3) is 0 Å². The summed E-state index contributed by atoms with van der Waals surface area (Å²) in [7, 11) is 0. The van der Waals surface area contributed by atoms with Crippen LogP contribution in [0.4, 0.5) is 0 Å². The van der Waals surface area contributed by atoms with Crippen LogP contribution in [-0.2, 0) is 4.79 Å². The van der Waals surface area contributed by atoms with E-state index in [1.807, 2.05) is 0 Å². The van der Waals surface area contributed by atoms with Crippen molar-refractivity contribution in [1.82, 2.24) is 15.5 Å². The Labute approximate surface area is 98.9 Å². The first-order chi connectivity index (χ1) is 6.83. The van der Waals surface area contributed by atoms with Gasteiger partial charge in [-0.15, -0.1) is 0 Å². The van der Waals surface area contributed by atoms with Crippen LogP contribution in [0.15, 0.2) is 0 Å². The van der Waals surface area contributed by atoms with Crippen LogP contribution in [0.2, 0.25) is 0 Å². The molecular weight excluding hydrogens is 293 g/mol. The Morgan fingerprint density at radius 1 is 1.43 bits per heavy atom. The summed E-state index contributed by atoms with van der Waals surface area (Å²) in [6, 6.07) is 0. The lowest BCUT2D eigenvalue weighted by molar-refractivity contribution is -0.118. The molecule has 14 heavy (non-hydrogen) atoms. The Balaban J connectivity index is 1.94. The van der Waals surface area contributed by atoms with Crippen molar-refractivity contribution in [2.45, 2.75) is 6.42 Å². The summed E-state index contributed by atoms with van der Waals surface area (Å²) in [5.41, 5.74) is 0. The first-order valence-electron chi connectivity index (χ1n) is 5.08. The fraction of sp³-hybridized carbons (Fsp3) is 0.889. The van der Waals surface area contributed by atoms with Gasteiger partial charge in [-0.3, -0.25) is 4.79 Å². The van der Waals surface area contributed by atoms with Crippen molar-refractivity contribution >= 4 is 28.5 Å². The third-order valence-electron chi connectivity index (χ3n) is 2.30. The quantitative estimate of drug-likeness (QED) is 0.421. The maximum Gasteiger partial charge on any atom is 0.229 e. The van der Waals surface area contributed by atoms with Gasteiger partial charge in [0.05, 0.1) is 4.43 Å². The van der Waals surface area contributed by atoms with E-state index < -0.39 is 0 Å². The number of hydrogen-bond acceptors (Lipinski definition) is 3. The average molecular weight is 311 g/mol. The zero-order chi connectivity index (χ0) is 10.2. The Kier molecular flexibility index (Phi) is 6.46. The van der Waals surface area contributed by atoms with E-state index >= 15 is 0 Å². The molecule has 0 spiro atoms. The van der Waals surface area contributed by atoms with Gasteiger partial charge in [-0.1, -0.05) is 22.6 Å². The van der Waals surface area contributed by atoms with Crippen LogP contribution in [-0.4, -0.2) is 54.5 Å². The minimum Gasteiger partial charge on any atom is -0.355 e. The first kappa shape index (κ1) is 12.2. The molecule has 1 fully saturated rings. The minimum atomic E-state index is 0.144. The molecule has 1 saturated heterocycles. The molecular formula is C9H18IN3O. The monoisotopic (exact) mass is 311 g/mol. The highest BCUT2D eigenvalue weighted by atomic mass is 127. The summed E-state index contributed by atoms with van der Waals surface area (Å²) < 4.78 is 0.561. The summed E-state index contributed by atoms with van der Waals surface area (Å²) in [6.07, 6.45) is 1.06. The van der Waals surface area contributed by atoms with Crippen molar-refractivity contribution in [3.8, 4) is 0 Å². The third-order valence-corrected chi connectivity index (χ3v) is 3.00. The number of carbonyl (C=O) groups is 1. The highest BCUT2D eigenvalue weighted by Gasteiger charge is 2.08. The molecule has 2 N–H and O–H groups in total. The van der Waals surface area contributed by atoms with E-state index in [9.17, 15) is 4.79 Å². The number of carbonyl (C=O) groups excluding carboxylic acids is 1. The lowest BCUT2D eigenvalue weighted by atomic mass is 10.3. The van der Waals surface area contributed by atoms with Crippen molar-refractivity contribution in [2.75, 3.05) is 43.7 Å². The molecule has 1 rings (SSSR count). The van der Waals surface area contributed by atoms with Crippen LogP contribution in [0.5, 0.6) is 0 Å². The maximum atomic E-state index is 10.9. The Morgan fingerprint density at radius 3 is 2.79 bits per heavy atom. The second-order valence-corrected chi connectivity index (χ2v) is 4.19. The average Bonchev–Trinajstić information content (AvgIpc) is 2.25. The molecule has 0 atom stereocenters. The summed E-state index contributed by atoms with van der Waals surface area (Å²) in [6.45, 7) is 6.38. The molecule has 0 bridgehead atoms. The van der Waals surface area contributed by atoms with Crippen molar-refractivity contribution in [1.29, 1.82) is 0 Å². The van der Waals surface area contributed by atoms with E-state index in [1.54, 1.807) is 0 Å². The molecule has 1 aliphatic heterocycles. The Hall–Kier alpha value is 0.120. The molecule has 0 radical (unpaired) electrons. The molecule has 0 aromatic rings. The zero-order valence-electron chi connectivity index (χ0n) is 8.39. The van der Waals surface area contributed by atoms with E-state index in [0.29, 0.717) is 4.43 Å². The van der Waals surface area contributed by atoms with Gasteiger partial charge in [0, 0.05) is 32.7 Å². The van der Waals surface area contributed by atoms with E-state index in [4.69, 9.17) is 0 Å². The van der Waals surface area contributed by atoms with Crippen LogP contribution in [0.25, 0.3) is 0 Å². The number of piperazine rings is 1. The summed E-state index contributed by atoms with van der Waals surface area (Å²) >= 11 is 2.08. The van der Waals surface area contributed by atoms with Gasteiger partial charge >= 0.3 is 0 Å². The molecule has 82 valence electrons. The van der Waals surface area contributed by atoms with Crippen LogP contribution in [0.1, 0.15) is 6.42 Å². The molecule has 4 nitrogen and oxygen atoms in total. The lowest BCUT2D eigenvalue weighted by Crippen LogP contribution is -2.44. The second kappa shape index (κ2) is 7.42. The normalized spacial score (nSPS) is 18.1. The largest absolute Gasteiger partial charge is 0.355 e. The van der Waals surface area contributed by atoms with Gasteiger partial charge < -0.3 is 15.5 Å². The molecule has 0 unspecified atom stereocenters. The first-order valence-corrected chi connectivity index (χ1v) is 6.61. The van der Waals surface area contributed by atoms with Crippen LogP contribution >= 0.6 is 22.6 Å². The van der Waals surface area contributed by atoms with E-state index in [2.05, 4.69) is 38.1 Å². The van der Waals surface area contributed by atoms with Crippen LogP contribution in [0, 0.1) is 0 Å². The number of halogens is 1. The van der Waals surface area contributed by atoms with Gasteiger partial charge in [-0.25, -0.2) is 0 Å². The summed E-state index contributed by atoms with van der Waals surface area (Å²) in [5, 5.41) is 6.20. The molecule has 0 aromatic heterocycles. The highest BCUT2D eigenvalue weighted by Crippen LogP contribution is 1.93. The van der Waals surface area contributed by atoms with Gasteiger partial charge in [0.1, 0.15) is 0 Å². The topological polar surface area (TPSA) is 44.4 Å². The summed E-state index contributed by atoms with van der Waals surface area (Å²) in [5.74, 6) is 0.144. The lowest BCUT2D eigenvalue weighted by Gasteiger charge is -2.26. The Morgan fingerprint density at radius 2 is 2.14 bits per heavy atom. The van der Waals surface area contributed by atoms with E-state index in [-0.39, 0.29) is 5.91 Å². The second-order valence-electron chi connectivity index (χ2n) is 3.43. The van der Waals surface area contributed by atoms with Crippen molar-refractivity contribution < 1.29 is 4.79 Å². The number of nitrogens with zero attached hydrogens (tertiary/aromatic N) is 1. The van der Waals surface area contributed by atoms with Crippen molar-refractivity contribution in [2.24, 2.45) is 0 Å². The number of hydrogen-bond donors (Lipinski definition) is 2. The number of amides is 1. The standard InChI is InChI=1S/C9H18IN3O/c10-8-9(14)12-2-1-5-13-6-3-11-4-7-13/h11H,1-8H2,(H,12,14). The van der Waals surface area contributed by atoms with Gasteiger partial charge in [-0.05, 0) is 13.0 Å². The fourth-order valence-electron chi connectivity index (χ4n) is 1.51. The van der Waals surface area contributed by atoms with Crippen LogP contribution < -0.4 is 10.6 Å². The van der Waals surface area contributed by atoms with Crippen molar-refractivity contribution in [3.05, 3.63) is 0 Å². The minimum absolute atomic E-state index is 0.144. The van der Waals surface area contributed by atoms with E-state index in [0.717, 1.165) is 45.7 Å². The Bertz CT molecular complexity index is 171. The predicted octanol–water partition coefficient (Wildman–Crippen LogP) is -0.167. The molecule has 1 aliphatic rings. The maximum absolute atomic E-state index is 10.9. The number of alkyl halides is 1. The summed E-state index contributed by atoms with van der Waals surface area (Å²) in [4.78, 5) is 13.4. The predicted molar refractivity (Wildman–Crippen MR) is 65.8 cm³/mol. The number of nitrogens with one attached hydrogen (secondary N) is 2. The SMILES string of the molecule is O=C(CI)NCCCN1CCNCC1. The molecule has 1 amide bonds. The van der Waals surface area contributed by atoms with Gasteiger partial charge in [0.2, 0.25) is 5.91 Å². The van der Waals surface area contributed by atoms with E-state index in [1.165, 1.54) is 0 Å². The molecule has 0 saturated carbocycles. The van der Waals surface area contributed by atoms with Crippen LogP contribution in [0.3, 0.4) is 0 Å². The van der Waals surface area contributed by atoms with Gasteiger partial charge in [-0.2, -0.15) is 0 Å². The fourth-order valence-corrected chi connectivity index (χ4v) is 1.78. The van der Waals surface area contributed by atoms with Crippen molar-refractivity contribution in [3.63, 3.8) is 0 Å².